The molecule has 4 amide bonds. The van der Waals surface area contributed by atoms with Crippen molar-refractivity contribution in [3.05, 3.63) is 47.2 Å². The number of aryl methyl sites for hydroxylation is 2. The lowest BCUT2D eigenvalue weighted by atomic mass is 9.87. The molecular weight excluding hydrogens is 688 g/mol. The van der Waals surface area contributed by atoms with Crippen molar-refractivity contribution in [1.82, 2.24) is 25.2 Å². The smallest absolute Gasteiger partial charge is 0.405 e. The second kappa shape index (κ2) is 12.4. The highest BCUT2D eigenvalue weighted by atomic mass is 32.2. The molecule has 4 N–H and O–H groups in total. The first-order chi connectivity index (χ1) is 24.1. The number of carbonyl (C=O) groups is 4. The van der Waals surface area contributed by atoms with Gasteiger partial charge in [-0.15, -0.1) is 0 Å². The molecule has 0 radical (unpaired) electrons. The van der Waals surface area contributed by atoms with Crippen LogP contribution in [0.2, 0.25) is 0 Å². The van der Waals surface area contributed by atoms with Gasteiger partial charge in [0.05, 0.1) is 22.5 Å². The van der Waals surface area contributed by atoms with E-state index in [2.05, 4.69) is 20.3 Å². The van der Waals surface area contributed by atoms with Gasteiger partial charge in [0, 0.05) is 29.4 Å². The standard InChI is InChI=1S/C35H41F2N5O8S/c1-19-28-21(22-14-23(36)24(37)15-26(22)38-19)10-11-34(50-28)17-27-29(43)40-35(31(45)41-51(48,49)33(2)12-13-33)16-20(35)8-6-4-3-5-7-9-25(39-32(46)47)30(44)42(27)18-34/h6,8,14-15,20,25,27,39H,3-5,7,9-13,16-18H2,1-2H3,(H,40,43)(H,41,45)(H,46,47)/b8-6-/t20-,25+,27+,34-,35-/m1/s1. The van der Waals surface area contributed by atoms with Crippen LogP contribution in [0.15, 0.2) is 24.3 Å². The third-order valence-corrected chi connectivity index (χ3v) is 13.5. The Balaban J connectivity index is 1.24. The predicted octanol–water partition coefficient (Wildman–Crippen LogP) is 3.52. The van der Waals surface area contributed by atoms with Gasteiger partial charge in [-0.2, -0.15) is 0 Å². The number of hydrogen-bond acceptors (Lipinski definition) is 8. The Labute approximate surface area is 293 Å². The number of sulfonamides is 1. The highest BCUT2D eigenvalue weighted by Crippen LogP contribution is 2.49. The van der Waals surface area contributed by atoms with Gasteiger partial charge in [-0.05, 0) is 71.3 Å². The van der Waals surface area contributed by atoms with Crippen molar-refractivity contribution in [2.75, 3.05) is 6.54 Å². The van der Waals surface area contributed by atoms with E-state index in [0.29, 0.717) is 60.9 Å². The molecule has 4 heterocycles. The fraction of sp³-hybridized carbons (Fsp3) is 0.571. The zero-order valence-corrected chi connectivity index (χ0v) is 29.2. The molecule has 1 aromatic carbocycles. The summed E-state index contributed by atoms with van der Waals surface area (Å²) in [6.45, 7) is 3.11. The molecule has 0 unspecified atom stereocenters. The molecule has 13 nitrogen and oxygen atoms in total. The number of benzene rings is 1. The molecule has 2 saturated carbocycles. The van der Waals surface area contributed by atoms with E-state index in [1.807, 2.05) is 12.2 Å². The molecule has 1 spiro atoms. The average Bonchev–Trinajstić information content (AvgIpc) is 3.95. The number of halogens is 2. The quantitative estimate of drug-likeness (QED) is 0.342. The second-order valence-electron chi connectivity index (χ2n) is 15.0. The van der Waals surface area contributed by atoms with Crippen molar-refractivity contribution in [2.24, 2.45) is 5.92 Å². The van der Waals surface area contributed by atoms with Gasteiger partial charge in [0.15, 0.2) is 11.6 Å². The van der Waals surface area contributed by atoms with E-state index in [0.717, 1.165) is 18.6 Å². The van der Waals surface area contributed by atoms with Crippen LogP contribution in [-0.2, 0) is 30.8 Å². The molecule has 5 aliphatic rings. The lowest BCUT2D eigenvalue weighted by Crippen LogP contribution is -2.58. The molecule has 7 rings (SSSR count). The van der Waals surface area contributed by atoms with Gasteiger partial charge >= 0.3 is 6.09 Å². The molecule has 0 bridgehead atoms. The summed E-state index contributed by atoms with van der Waals surface area (Å²) in [7, 11) is -4.02. The Hall–Kier alpha value is -4.34. The Kier molecular flexibility index (Phi) is 8.54. The topological polar surface area (TPSA) is 184 Å². The molecular formula is C35H41F2N5O8S. The summed E-state index contributed by atoms with van der Waals surface area (Å²) < 4.78 is 62.3. The Morgan fingerprint density at radius 1 is 1.10 bits per heavy atom. The molecule has 1 saturated heterocycles. The van der Waals surface area contributed by atoms with E-state index < -0.39 is 79.4 Å². The average molecular weight is 730 g/mol. The molecule has 16 heteroatoms. The molecule has 2 aliphatic carbocycles. The number of nitrogens with one attached hydrogen (secondary N) is 3. The molecule has 3 aliphatic heterocycles. The van der Waals surface area contributed by atoms with Crippen LogP contribution < -0.4 is 20.1 Å². The third-order valence-electron chi connectivity index (χ3n) is 11.3. The van der Waals surface area contributed by atoms with Crippen molar-refractivity contribution in [1.29, 1.82) is 0 Å². The van der Waals surface area contributed by atoms with E-state index in [4.69, 9.17) is 4.74 Å². The van der Waals surface area contributed by atoms with Gasteiger partial charge < -0.3 is 25.4 Å². The Bertz CT molecular complexity index is 1990. The van der Waals surface area contributed by atoms with Crippen LogP contribution in [0.1, 0.15) is 82.4 Å². The highest BCUT2D eigenvalue weighted by molar-refractivity contribution is 7.91. The monoisotopic (exact) mass is 729 g/mol. The summed E-state index contributed by atoms with van der Waals surface area (Å²) in [5, 5.41) is 15.2. The first kappa shape index (κ1) is 35.1. The van der Waals surface area contributed by atoms with Crippen LogP contribution in [0.3, 0.4) is 0 Å². The van der Waals surface area contributed by atoms with Crippen molar-refractivity contribution in [3.63, 3.8) is 0 Å². The number of allylic oxidation sites excluding steroid dienone is 1. The van der Waals surface area contributed by atoms with Gasteiger partial charge in [0.25, 0.3) is 5.91 Å². The minimum absolute atomic E-state index is 0.0341. The van der Waals surface area contributed by atoms with Crippen molar-refractivity contribution in [3.8, 4) is 5.75 Å². The lowest BCUT2D eigenvalue weighted by molar-refractivity contribution is -0.141. The first-order valence-electron chi connectivity index (χ1n) is 17.4. The lowest BCUT2D eigenvalue weighted by Gasteiger charge is -2.36. The van der Waals surface area contributed by atoms with Gasteiger partial charge in [-0.3, -0.25) is 19.1 Å². The number of aromatic nitrogens is 1. The van der Waals surface area contributed by atoms with Gasteiger partial charge in [0.1, 0.15) is 29.0 Å². The number of pyridine rings is 1. The Morgan fingerprint density at radius 2 is 1.84 bits per heavy atom. The van der Waals surface area contributed by atoms with Crippen LogP contribution in [0.4, 0.5) is 13.6 Å². The predicted molar refractivity (Wildman–Crippen MR) is 179 cm³/mol. The maximum absolute atomic E-state index is 14.4. The van der Waals surface area contributed by atoms with Crippen LogP contribution in [-0.4, -0.2) is 81.7 Å². The first-order valence-corrected chi connectivity index (χ1v) is 18.9. The summed E-state index contributed by atoms with van der Waals surface area (Å²) in [5.41, 5.74) is -1.45. The normalized spacial score (nSPS) is 30.8. The van der Waals surface area contributed by atoms with E-state index in [9.17, 15) is 41.5 Å². The van der Waals surface area contributed by atoms with E-state index in [1.54, 1.807) is 13.8 Å². The fourth-order valence-electron chi connectivity index (χ4n) is 7.84. The number of nitrogens with zero attached hydrogens (tertiary/aromatic N) is 2. The summed E-state index contributed by atoms with van der Waals surface area (Å²) in [5.74, 6) is -4.40. The minimum Gasteiger partial charge on any atom is -0.483 e. The second-order valence-corrected chi connectivity index (χ2v) is 17.2. The number of carboxylic acid groups (broad SMARTS) is 1. The third kappa shape index (κ3) is 6.29. The molecule has 5 atom stereocenters. The number of rotatable bonds is 4. The summed E-state index contributed by atoms with van der Waals surface area (Å²) in [6.07, 6.45) is 6.64. The molecule has 2 aromatic rings. The van der Waals surface area contributed by atoms with E-state index in [1.165, 1.54) is 4.90 Å². The number of carbonyl (C=O) groups excluding carboxylic acids is 3. The molecule has 274 valence electrons. The summed E-state index contributed by atoms with van der Waals surface area (Å²) >= 11 is 0. The number of hydrogen-bond donors (Lipinski definition) is 4. The van der Waals surface area contributed by atoms with Crippen LogP contribution in [0.25, 0.3) is 10.9 Å². The highest BCUT2D eigenvalue weighted by Gasteiger charge is 2.64. The Morgan fingerprint density at radius 3 is 2.57 bits per heavy atom. The number of amides is 4. The molecule has 51 heavy (non-hydrogen) atoms. The zero-order chi connectivity index (χ0) is 36.5. The maximum Gasteiger partial charge on any atom is 0.405 e. The largest absolute Gasteiger partial charge is 0.483 e. The van der Waals surface area contributed by atoms with Crippen molar-refractivity contribution in [2.45, 2.75) is 112 Å². The van der Waals surface area contributed by atoms with E-state index in [-0.39, 0.29) is 37.7 Å². The zero-order valence-electron chi connectivity index (χ0n) is 28.4. The van der Waals surface area contributed by atoms with Crippen LogP contribution in [0.5, 0.6) is 5.75 Å². The van der Waals surface area contributed by atoms with Gasteiger partial charge in [0.2, 0.25) is 21.8 Å². The maximum atomic E-state index is 14.4. The SMILES string of the molecule is Cc1nc2cc(F)c(F)cc2c2c1O[C@]1(CC2)C[C@H]2C(=O)N[C@]3(C(=O)NS(=O)(=O)C4(C)CC4)C[C@H]3/C=C\CCCCC[C@H](NC(=O)O)C(=O)N2C1. The van der Waals surface area contributed by atoms with Crippen molar-refractivity contribution < 1.29 is 46.2 Å². The van der Waals surface area contributed by atoms with Crippen LogP contribution >= 0.6 is 0 Å². The fourth-order valence-corrected chi connectivity index (χ4v) is 9.15. The minimum atomic E-state index is -4.02. The molecule has 1 aromatic heterocycles. The van der Waals surface area contributed by atoms with Gasteiger partial charge in [-0.1, -0.05) is 25.0 Å². The number of ether oxygens (including phenoxy) is 1. The number of fused-ring (bicyclic) bond motifs is 5. The van der Waals surface area contributed by atoms with Gasteiger partial charge in [-0.25, -0.2) is 27.0 Å². The van der Waals surface area contributed by atoms with E-state index >= 15 is 0 Å². The summed E-state index contributed by atoms with van der Waals surface area (Å²) in [4.78, 5) is 59.9. The summed E-state index contributed by atoms with van der Waals surface area (Å²) in [6, 6.07) is -0.278. The van der Waals surface area contributed by atoms with Crippen LogP contribution in [0, 0.1) is 24.5 Å². The molecule has 3 fully saturated rings. The van der Waals surface area contributed by atoms with Crippen molar-refractivity contribution >= 4 is 44.7 Å².